The zero-order chi connectivity index (χ0) is 18.8. The zero-order valence-corrected chi connectivity index (χ0v) is 14.9. The van der Waals surface area contributed by atoms with Crippen molar-refractivity contribution in [2.75, 3.05) is 20.0 Å². The average molecular weight is 352 g/mol. The van der Waals surface area contributed by atoms with Crippen LogP contribution in [0.15, 0.2) is 47.3 Å². The standard InChI is InChI=1S/C20H20N2O4/c1-12-8-14-5-6-15(21)11-16(14)22(20(12)24)19(23)10-13-4-7-17(25-2)18(9-13)26-3/h4-9,11H,10,21H2,1-3H3. The minimum absolute atomic E-state index is 0.0492. The van der Waals surface area contributed by atoms with Crippen LogP contribution in [0.1, 0.15) is 15.9 Å². The van der Waals surface area contributed by atoms with E-state index in [-0.39, 0.29) is 17.9 Å². The predicted molar refractivity (Wildman–Crippen MR) is 101 cm³/mol. The number of hydrogen-bond acceptors (Lipinski definition) is 5. The van der Waals surface area contributed by atoms with E-state index < -0.39 is 0 Å². The van der Waals surface area contributed by atoms with Crippen molar-refractivity contribution in [2.45, 2.75) is 13.3 Å². The van der Waals surface area contributed by atoms with Gasteiger partial charge < -0.3 is 15.2 Å². The Morgan fingerprint density at radius 2 is 1.77 bits per heavy atom. The molecule has 2 aromatic carbocycles. The second-order valence-corrected chi connectivity index (χ2v) is 6.05. The van der Waals surface area contributed by atoms with Gasteiger partial charge in [-0.25, -0.2) is 4.57 Å². The van der Waals surface area contributed by atoms with E-state index in [9.17, 15) is 9.59 Å². The van der Waals surface area contributed by atoms with E-state index in [0.717, 1.165) is 10.9 Å². The number of rotatable bonds is 4. The summed E-state index contributed by atoms with van der Waals surface area (Å²) in [5, 5.41) is 0.789. The lowest BCUT2D eigenvalue weighted by molar-refractivity contribution is 0.0915. The van der Waals surface area contributed by atoms with Gasteiger partial charge in [-0.15, -0.1) is 0 Å². The first-order valence-electron chi connectivity index (χ1n) is 8.10. The van der Waals surface area contributed by atoms with Crippen molar-refractivity contribution in [3.8, 4) is 11.5 Å². The van der Waals surface area contributed by atoms with Gasteiger partial charge in [0.1, 0.15) is 0 Å². The van der Waals surface area contributed by atoms with Gasteiger partial charge >= 0.3 is 0 Å². The molecule has 2 N–H and O–H groups in total. The monoisotopic (exact) mass is 352 g/mol. The average Bonchev–Trinajstić information content (AvgIpc) is 2.63. The van der Waals surface area contributed by atoms with Gasteiger partial charge in [0.25, 0.3) is 5.56 Å². The Labute approximate surface area is 150 Å². The Bertz CT molecular complexity index is 1050. The number of carbonyl (C=O) groups is 1. The Kier molecular flexibility index (Phi) is 4.67. The highest BCUT2D eigenvalue weighted by molar-refractivity contribution is 5.93. The molecule has 0 spiro atoms. The number of fused-ring (bicyclic) bond motifs is 1. The molecule has 3 rings (SSSR count). The summed E-state index contributed by atoms with van der Waals surface area (Å²) in [6.45, 7) is 1.69. The van der Waals surface area contributed by atoms with Gasteiger partial charge in [-0.2, -0.15) is 0 Å². The molecule has 1 heterocycles. The summed E-state index contributed by atoms with van der Waals surface area (Å²) < 4.78 is 11.7. The third kappa shape index (κ3) is 3.13. The SMILES string of the molecule is COc1ccc(CC(=O)n2c(=O)c(C)cc3ccc(N)cc32)cc1OC. The van der Waals surface area contributed by atoms with Gasteiger partial charge in [0, 0.05) is 11.3 Å². The van der Waals surface area contributed by atoms with Crippen molar-refractivity contribution < 1.29 is 14.3 Å². The minimum atomic E-state index is -0.339. The fourth-order valence-electron chi connectivity index (χ4n) is 2.95. The lowest BCUT2D eigenvalue weighted by Gasteiger charge is -2.12. The molecule has 0 amide bonds. The highest BCUT2D eigenvalue weighted by Gasteiger charge is 2.15. The van der Waals surface area contributed by atoms with Crippen molar-refractivity contribution in [3.63, 3.8) is 0 Å². The summed E-state index contributed by atoms with van der Waals surface area (Å²) in [7, 11) is 3.08. The molecule has 0 radical (unpaired) electrons. The van der Waals surface area contributed by atoms with Crippen LogP contribution in [-0.2, 0) is 6.42 Å². The van der Waals surface area contributed by atoms with Crippen LogP contribution in [0.3, 0.4) is 0 Å². The molecule has 0 unspecified atom stereocenters. The summed E-state index contributed by atoms with van der Waals surface area (Å²) in [4.78, 5) is 25.5. The van der Waals surface area contributed by atoms with E-state index in [1.165, 1.54) is 11.7 Å². The number of aromatic nitrogens is 1. The molecule has 0 aliphatic carbocycles. The molecular formula is C20H20N2O4. The maximum absolute atomic E-state index is 12.9. The molecule has 134 valence electrons. The van der Waals surface area contributed by atoms with Crippen LogP contribution in [0.2, 0.25) is 0 Å². The number of aryl methyl sites for hydroxylation is 1. The number of ether oxygens (including phenoxy) is 2. The minimum Gasteiger partial charge on any atom is -0.493 e. The maximum Gasteiger partial charge on any atom is 0.260 e. The highest BCUT2D eigenvalue weighted by Crippen LogP contribution is 2.28. The number of benzene rings is 2. The Morgan fingerprint density at radius 3 is 2.46 bits per heavy atom. The number of methoxy groups -OCH3 is 2. The Hall–Kier alpha value is -3.28. The van der Waals surface area contributed by atoms with Gasteiger partial charge in [-0.05, 0) is 48.2 Å². The largest absolute Gasteiger partial charge is 0.493 e. The van der Waals surface area contributed by atoms with Gasteiger partial charge in [0.05, 0.1) is 26.2 Å². The predicted octanol–water partition coefficient (Wildman–Crippen LogP) is 2.79. The molecule has 0 atom stereocenters. The lowest BCUT2D eigenvalue weighted by atomic mass is 10.1. The molecule has 0 fully saturated rings. The molecule has 0 aliphatic rings. The molecule has 1 aromatic heterocycles. The number of hydrogen-bond donors (Lipinski definition) is 1. The van der Waals surface area contributed by atoms with Crippen LogP contribution in [0.5, 0.6) is 11.5 Å². The van der Waals surface area contributed by atoms with E-state index in [1.54, 1.807) is 56.5 Å². The quantitative estimate of drug-likeness (QED) is 0.730. The summed E-state index contributed by atoms with van der Waals surface area (Å²) >= 11 is 0. The van der Waals surface area contributed by atoms with Gasteiger partial charge in [0.15, 0.2) is 11.5 Å². The van der Waals surface area contributed by atoms with Crippen LogP contribution >= 0.6 is 0 Å². The van der Waals surface area contributed by atoms with Crippen molar-refractivity contribution >= 4 is 22.5 Å². The summed E-state index contributed by atoms with van der Waals surface area (Å²) in [6, 6.07) is 12.2. The van der Waals surface area contributed by atoms with Crippen LogP contribution < -0.4 is 20.8 Å². The Balaban J connectivity index is 2.07. The molecule has 3 aromatic rings. The molecule has 6 nitrogen and oxygen atoms in total. The first kappa shape index (κ1) is 17.5. The number of pyridine rings is 1. The van der Waals surface area contributed by atoms with Crippen molar-refractivity contribution in [1.29, 1.82) is 0 Å². The van der Waals surface area contributed by atoms with E-state index in [0.29, 0.717) is 28.3 Å². The maximum atomic E-state index is 12.9. The number of nitrogen functional groups attached to an aromatic ring is 1. The number of nitrogens with zero attached hydrogens (tertiary/aromatic N) is 1. The summed E-state index contributed by atoms with van der Waals surface area (Å²) in [5.41, 5.74) is 7.73. The third-order valence-corrected chi connectivity index (χ3v) is 4.26. The van der Waals surface area contributed by atoms with E-state index in [1.807, 2.05) is 0 Å². The number of nitrogens with two attached hydrogens (primary N) is 1. The molecule has 26 heavy (non-hydrogen) atoms. The molecule has 0 saturated carbocycles. The fraction of sp³-hybridized carbons (Fsp3) is 0.200. The lowest BCUT2D eigenvalue weighted by Crippen LogP contribution is -2.29. The Morgan fingerprint density at radius 1 is 1.04 bits per heavy atom. The first-order valence-corrected chi connectivity index (χ1v) is 8.10. The van der Waals surface area contributed by atoms with E-state index in [2.05, 4.69) is 0 Å². The van der Waals surface area contributed by atoms with E-state index >= 15 is 0 Å². The van der Waals surface area contributed by atoms with Crippen LogP contribution in [-0.4, -0.2) is 24.7 Å². The zero-order valence-electron chi connectivity index (χ0n) is 14.9. The number of carbonyl (C=O) groups excluding carboxylic acids is 1. The van der Waals surface area contributed by atoms with Crippen LogP contribution in [0, 0.1) is 6.92 Å². The van der Waals surface area contributed by atoms with Gasteiger partial charge in [0.2, 0.25) is 5.91 Å². The molecule has 0 aliphatic heterocycles. The topological polar surface area (TPSA) is 83.5 Å². The smallest absolute Gasteiger partial charge is 0.260 e. The molecule has 0 bridgehead atoms. The van der Waals surface area contributed by atoms with Gasteiger partial charge in [-0.1, -0.05) is 12.1 Å². The van der Waals surface area contributed by atoms with Gasteiger partial charge in [-0.3, -0.25) is 9.59 Å². The van der Waals surface area contributed by atoms with Crippen molar-refractivity contribution in [2.24, 2.45) is 0 Å². The van der Waals surface area contributed by atoms with E-state index in [4.69, 9.17) is 15.2 Å². The summed E-state index contributed by atoms with van der Waals surface area (Å²) in [5.74, 6) is 0.777. The normalized spacial score (nSPS) is 10.7. The fourth-order valence-corrected chi connectivity index (χ4v) is 2.95. The first-order chi connectivity index (χ1) is 12.4. The summed E-state index contributed by atoms with van der Waals surface area (Å²) in [6.07, 6.45) is 0.0492. The molecular weight excluding hydrogens is 332 g/mol. The van der Waals surface area contributed by atoms with Crippen molar-refractivity contribution in [1.82, 2.24) is 4.57 Å². The van der Waals surface area contributed by atoms with Crippen molar-refractivity contribution in [3.05, 3.63) is 63.9 Å². The highest BCUT2D eigenvalue weighted by atomic mass is 16.5. The second kappa shape index (κ2) is 6.92. The van der Waals surface area contributed by atoms with Crippen LogP contribution in [0.4, 0.5) is 5.69 Å². The van der Waals surface area contributed by atoms with Crippen LogP contribution in [0.25, 0.3) is 10.9 Å². The second-order valence-electron chi connectivity index (χ2n) is 6.05. The molecule has 0 saturated heterocycles. The number of anilines is 1. The third-order valence-electron chi connectivity index (χ3n) is 4.26. The molecule has 6 heteroatoms.